The highest BCUT2D eigenvalue weighted by Crippen LogP contribution is 2.36. The Morgan fingerprint density at radius 1 is 1.20 bits per heavy atom. The minimum Gasteiger partial charge on any atom is -0.394 e. The summed E-state index contributed by atoms with van der Waals surface area (Å²) in [6, 6.07) is 12.0. The van der Waals surface area contributed by atoms with E-state index in [-0.39, 0.29) is 18.6 Å². The van der Waals surface area contributed by atoms with Crippen molar-refractivity contribution in [3.8, 4) is 11.1 Å². The van der Waals surface area contributed by atoms with Gasteiger partial charge >= 0.3 is 0 Å². The number of benzene rings is 1. The summed E-state index contributed by atoms with van der Waals surface area (Å²) in [5, 5.41) is 14.2. The van der Waals surface area contributed by atoms with Gasteiger partial charge in [-0.3, -0.25) is 14.5 Å². The SMILES string of the molecule is Cc1cccc(CC(=O)N2CCCC[C@H]2c2nn(CCO)cc2-c2ccncc2)c1. The number of likely N-dealkylation sites (tertiary alicyclic amines) is 1. The van der Waals surface area contributed by atoms with Crippen LogP contribution in [0.4, 0.5) is 0 Å². The van der Waals surface area contributed by atoms with E-state index in [4.69, 9.17) is 5.10 Å². The lowest BCUT2D eigenvalue weighted by molar-refractivity contribution is -0.134. The van der Waals surface area contributed by atoms with Crippen LogP contribution in [0, 0.1) is 6.92 Å². The average molecular weight is 405 g/mol. The Hall–Kier alpha value is -2.99. The Labute approximate surface area is 177 Å². The smallest absolute Gasteiger partial charge is 0.227 e. The van der Waals surface area contributed by atoms with Crippen molar-refractivity contribution in [2.75, 3.05) is 13.2 Å². The van der Waals surface area contributed by atoms with Crippen molar-refractivity contribution in [1.29, 1.82) is 0 Å². The summed E-state index contributed by atoms with van der Waals surface area (Å²) < 4.78 is 1.78. The molecule has 1 atom stereocenters. The van der Waals surface area contributed by atoms with Crippen LogP contribution < -0.4 is 0 Å². The molecular formula is C24H28N4O2. The first kappa shape index (κ1) is 20.3. The maximum absolute atomic E-state index is 13.3. The minimum absolute atomic E-state index is 0.0254. The Balaban J connectivity index is 1.66. The van der Waals surface area contributed by atoms with Crippen LogP contribution in [0.3, 0.4) is 0 Å². The lowest BCUT2D eigenvalue weighted by Gasteiger charge is -2.35. The number of pyridine rings is 1. The fourth-order valence-corrected chi connectivity index (χ4v) is 4.27. The highest BCUT2D eigenvalue weighted by atomic mass is 16.3. The molecule has 0 saturated carbocycles. The molecule has 1 saturated heterocycles. The number of hydrogen-bond acceptors (Lipinski definition) is 4. The van der Waals surface area contributed by atoms with Crippen molar-refractivity contribution in [3.63, 3.8) is 0 Å². The normalized spacial score (nSPS) is 16.6. The number of aryl methyl sites for hydroxylation is 1. The van der Waals surface area contributed by atoms with E-state index in [0.29, 0.717) is 13.0 Å². The molecule has 1 amide bonds. The zero-order valence-corrected chi connectivity index (χ0v) is 17.4. The summed E-state index contributed by atoms with van der Waals surface area (Å²) in [5.74, 6) is 0.141. The van der Waals surface area contributed by atoms with E-state index in [0.717, 1.165) is 48.2 Å². The van der Waals surface area contributed by atoms with Crippen LogP contribution in [0.2, 0.25) is 0 Å². The van der Waals surface area contributed by atoms with Gasteiger partial charge in [0, 0.05) is 30.7 Å². The standard InChI is InChI=1S/C24H28N4O2/c1-18-5-4-6-19(15-18)16-23(30)28-12-3-2-7-22(28)24-21(17-27(26-24)13-14-29)20-8-10-25-11-9-20/h4-6,8-11,15,17,22,29H,2-3,7,12-14,16H2,1H3/t22-/m0/s1. The van der Waals surface area contributed by atoms with Crippen LogP contribution in [0.15, 0.2) is 55.0 Å². The molecule has 156 valence electrons. The van der Waals surface area contributed by atoms with E-state index >= 15 is 0 Å². The predicted molar refractivity (Wildman–Crippen MR) is 116 cm³/mol. The van der Waals surface area contributed by atoms with Gasteiger partial charge < -0.3 is 10.0 Å². The number of carbonyl (C=O) groups excluding carboxylic acids is 1. The van der Waals surface area contributed by atoms with Crippen molar-refractivity contribution in [1.82, 2.24) is 19.7 Å². The van der Waals surface area contributed by atoms with E-state index < -0.39 is 0 Å². The molecule has 0 radical (unpaired) electrons. The third-order valence-electron chi connectivity index (χ3n) is 5.69. The third kappa shape index (κ3) is 4.44. The second-order valence-corrected chi connectivity index (χ2v) is 7.92. The molecule has 1 N–H and O–H groups in total. The summed E-state index contributed by atoms with van der Waals surface area (Å²) in [6.45, 7) is 3.25. The number of carbonyl (C=O) groups is 1. The van der Waals surface area contributed by atoms with E-state index in [1.165, 1.54) is 5.56 Å². The molecule has 6 nitrogen and oxygen atoms in total. The lowest BCUT2D eigenvalue weighted by atomic mass is 9.94. The largest absolute Gasteiger partial charge is 0.394 e. The summed E-state index contributed by atoms with van der Waals surface area (Å²) in [7, 11) is 0. The first-order chi connectivity index (χ1) is 14.7. The highest BCUT2D eigenvalue weighted by Gasteiger charge is 2.32. The number of piperidine rings is 1. The van der Waals surface area contributed by atoms with Crippen LogP contribution in [-0.2, 0) is 17.8 Å². The Morgan fingerprint density at radius 2 is 2.03 bits per heavy atom. The van der Waals surface area contributed by atoms with Gasteiger partial charge in [-0.15, -0.1) is 0 Å². The molecule has 0 bridgehead atoms. The van der Waals surface area contributed by atoms with Crippen LogP contribution in [0.25, 0.3) is 11.1 Å². The predicted octanol–water partition coefficient (Wildman–Crippen LogP) is 3.54. The molecule has 6 heteroatoms. The van der Waals surface area contributed by atoms with E-state index in [2.05, 4.69) is 11.1 Å². The summed E-state index contributed by atoms with van der Waals surface area (Å²) in [6.07, 6.45) is 8.89. The number of aliphatic hydroxyl groups excluding tert-OH is 1. The third-order valence-corrected chi connectivity index (χ3v) is 5.69. The number of aromatic nitrogens is 3. The fourth-order valence-electron chi connectivity index (χ4n) is 4.27. The van der Waals surface area contributed by atoms with Gasteiger partial charge in [0.2, 0.25) is 5.91 Å². The fraction of sp³-hybridized carbons (Fsp3) is 0.375. The van der Waals surface area contributed by atoms with Crippen molar-refractivity contribution in [3.05, 3.63) is 71.8 Å². The first-order valence-corrected chi connectivity index (χ1v) is 10.6. The second kappa shape index (κ2) is 9.22. The van der Waals surface area contributed by atoms with E-state index in [9.17, 15) is 9.90 Å². The van der Waals surface area contributed by atoms with Crippen LogP contribution in [-0.4, -0.2) is 43.8 Å². The lowest BCUT2D eigenvalue weighted by Crippen LogP contribution is -2.39. The van der Waals surface area contributed by atoms with Gasteiger partial charge in [-0.05, 0) is 49.4 Å². The van der Waals surface area contributed by atoms with Crippen LogP contribution >= 0.6 is 0 Å². The monoisotopic (exact) mass is 404 g/mol. The molecule has 0 aliphatic carbocycles. The zero-order chi connectivity index (χ0) is 20.9. The number of hydrogen-bond donors (Lipinski definition) is 1. The van der Waals surface area contributed by atoms with Crippen LogP contribution in [0.1, 0.15) is 42.1 Å². The topological polar surface area (TPSA) is 71.2 Å². The molecule has 30 heavy (non-hydrogen) atoms. The van der Waals surface area contributed by atoms with E-state index in [1.54, 1.807) is 17.1 Å². The molecule has 1 aromatic carbocycles. The van der Waals surface area contributed by atoms with Crippen molar-refractivity contribution >= 4 is 5.91 Å². The van der Waals surface area contributed by atoms with Crippen molar-refractivity contribution < 1.29 is 9.90 Å². The van der Waals surface area contributed by atoms with Gasteiger partial charge in [0.1, 0.15) is 0 Å². The Bertz CT molecular complexity index is 999. The van der Waals surface area contributed by atoms with Gasteiger partial charge in [0.15, 0.2) is 0 Å². The molecule has 1 aliphatic heterocycles. The van der Waals surface area contributed by atoms with Crippen LogP contribution in [0.5, 0.6) is 0 Å². The number of nitrogens with zero attached hydrogens (tertiary/aromatic N) is 4. The number of amides is 1. The molecule has 1 fully saturated rings. The summed E-state index contributed by atoms with van der Waals surface area (Å²) in [5.41, 5.74) is 5.15. The molecular weight excluding hydrogens is 376 g/mol. The Morgan fingerprint density at radius 3 is 2.80 bits per heavy atom. The summed E-state index contributed by atoms with van der Waals surface area (Å²) in [4.78, 5) is 19.4. The molecule has 2 aromatic heterocycles. The van der Waals surface area contributed by atoms with Crippen molar-refractivity contribution in [2.24, 2.45) is 0 Å². The molecule has 4 rings (SSSR count). The number of aliphatic hydroxyl groups is 1. The zero-order valence-electron chi connectivity index (χ0n) is 17.4. The minimum atomic E-state index is -0.0563. The Kier molecular flexibility index (Phi) is 6.23. The molecule has 3 heterocycles. The molecule has 3 aromatic rings. The summed E-state index contributed by atoms with van der Waals surface area (Å²) >= 11 is 0. The average Bonchev–Trinajstić information content (AvgIpc) is 3.18. The molecule has 0 unspecified atom stereocenters. The van der Waals surface area contributed by atoms with Gasteiger partial charge in [-0.1, -0.05) is 29.8 Å². The van der Waals surface area contributed by atoms with Gasteiger partial charge in [-0.2, -0.15) is 5.10 Å². The van der Waals surface area contributed by atoms with Gasteiger partial charge in [-0.25, -0.2) is 0 Å². The van der Waals surface area contributed by atoms with Gasteiger partial charge in [0.05, 0.1) is 31.3 Å². The van der Waals surface area contributed by atoms with Crippen molar-refractivity contribution in [2.45, 2.75) is 45.2 Å². The second-order valence-electron chi connectivity index (χ2n) is 7.92. The number of rotatable bonds is 6. The van der Waals surface area contributed by atoms with Gasteiger partial charge in [0.25, 0.3) is 0 Å². The maximum Gasteiger partial charge on any atom is 0.227 e. The first-order valence-electron chi connectivity index (χ1n) is 10.6. The maximum atomic E-state index is 13.3. The highest BCUT2D eigenvalue weighted by molar-refractivity contribution is 5.80. The molecule has 0 spiro atoms. The molecule has 1 aliphatic rings. The quantitative estimate of drug-likeness (QED) is 0.682. The van der Waals surface area contributed by atoms with E-state index in [1.807, 2.05) is 48.4 Å².